The molecule has 1 aromatic heterocycles. The molecule has 0 unspecified atom stereocenters. The van der Waals surface area contributed by atoms with Gasteiger partial charge in [0.25, 0.3) is 5.91 Å². The fourth-order valence-electron chi connectivity index (χ4n) is 2.46. The van der Waals surface area contributed by atoms with Gasteiger partial charge in [0, 0.05) is 17.1 Å². The van der Waals surface area contributed by atoms with Crippen LogP contribution in [0.3, 0.4) is 0 Å². The minimum absolute atomic E-state index is 0.140. The Labute approximate surface area is 159 Å². The van der Waals surface area contributed by atoms with Crippen LogP contribution in [0.1, 0.15) is 15.9 Å². The zero-order valence-electron chi connectivity index (χ0n) is 14.5. The first-order chi connectivity index (χ1) is 12.6. The quantitative estimate of drug-likeness (QED) is 0.573. The van der Waals surface area contributed by atoms with Crippen molar-refractivity contribution >= 4 is 21.8 Å². The van der Waals surface area contributed by atoms with Crippen molar-refractivity contribution in [2.24, 2.45) is 0 Å². The third kappa shape index (κ3) is 3.84. The molecule has 134 valence electrons. The van der Waals surface area contributed by atoms with Crippen LogP contribution in [0, 0.1) is 6.92 Å². The number of carbonyl (C=O) groups excluding carboxylic acids is 1. The Morgan fingerprint density at radius 1 is 1.12 bits per heavy atom. The molecule has 26 heavy (non-hydrogen) atoms. The predicted octanol–water partition coefficient (Wildman–Crippen LogP) is 3.73. The fourth-order valence-corrected chi connectivity index (χ4v) is 2.91. The molecule has 0 radical (unpaired) electrons. The highest BCUT2D eigenvalue weighted by molar-refractivity contribution is 9.10. The standard InChI is InChI=1S/C19H18BrN3O3/c1-13-7-3-4-8-14(13)17-21-19(26-12-11-25-2)22-23(17)18(24)15-9-5-6-10-16(15)20/h3-10H,11-12H2,1-2H3. The molecule has 0 atom stereocenters. The van der Waals surface area contributed by atoms with Crippen LogP contribution in [-0.2, 0) is 4.74 Å². The second kappa shape index (κ2) is 8.25. The Bertz CT molecular complexity index is 924. The summed E-state index contributed by atoms with van der Waals surface area (Å²) in [6.07, 6.45) is 0. The van der Waals surface area contributed by atoms with Gasteiger partial charge < -0.3 is 9.47 Å². The van der Waals surface area contributed by atoms with Gasteiger partial charge in [-0.1, -0.05) is 36.4 Å². The maximum atomic E-state index is 13.1. The molecule has 0 N–H and O–H groups in total. The Balaban J connectivity index is 2.06. The average molecular weight is 416 g/mol. The zero-order chi connectivity index (χ0) is 18.5. The van der Waals surface area contributed by atoms with Crippen molar-refractivity contribution in [1.82, 2.24) is 14.8 Å². The molecule has 0 aliphatic heterocycles. The molecule has 3 aromatic rings. The number of halogens is 1. The van der Waals surface area contributed by atoms with Crippen LogP contribution in [0.4, 0.5) is 0 Å². The molecule has 6 nitrogen and oxygen atoms in total. The van der Waals surface area contributed by atoms with Gasteiger partial charge in [0.05, 0.1) is 12.2 Å². The van der Waals surface area contributed by atoms with E-state index in [1.165, 1.54) is 4.68 Å². The first-order valence-corrected chi connectivity index (χ1v) is 8.85. The Morgan fingerprint density at radius 3 is 2.58 bits per heavy atom. The summed E-state index contributed by atoms with van der Waals surface area (Å²) < 4.78 is 12.5. The highest BCUT2D eigenvalue weighted by Gasteiger charge is 2.22. The van der Waals surface area contributed by atoms with Crippen LogP contribution in [0.5, 0.6) is 6.01 Å². The Hall–Kier alpha value is -2.51. The first kappa shape index (κ1) is 18.3. The summed E-state index contributed by atoms with van der Waals surface area (Å²) in [4.78, 5) is 17.5. The van der Waals surface area contributed by atoms with Crippen molar-refractivity contribution in [3.05, 3.63) is 64.1 Å². The van der Waals surface area contributed by atoms with Crippen molar-refractivity contribution < 1.29 is 14.3 Å². The summed E-state index contributed by atoms with van der Waals surface area (Å²) in [5.41, 5.74) is 2.31. The van der Waals surface area contributed by atoms with Crippen LogP contribution in [-0.4, -0.2) is 41.0 Å². The number of benzene rings is 2. The number of aromatic nitrogens is 3. The number of aryl methyl sites for hydroxylation is 1. The number of rotatable bonds is 6. The van der Waals surface area contributed by atoms with Crippen molar-refractivity contribution in [3.63, 3.8) is 0 Å². The van der Waals surface area contributed by atoms with E-state index in [-0.39, 0.29) is 11.9 Å². The van der Waals surface area contributed by atoms with E-state index in [4.69, 9.17) is 9.47 Å². The SMILES string of the molecule is COCCOc1nc(-c2ccccc2C)n(C(=O)c2ccccc2Br)n1. The maximum absolute atomic E-state index is 13.1. The molecule has 2 aromatic carbocycles. The summed E-state index contributed by atoms with van der Waals surface area (Å²) in [6, 6.07) is 15.0. The van der Waals surface area contributed by atoms with E-state index in [2.05, 4.69) is 26.0 Å². The number of nitrogens with zero attached hydrogens (tertiary/aromatic N) is 3. The largest absolute Gasteiger partial charge is 0.460 e. The lowest BCUT2D eigenvalue weighted by atomic mass is 10.1. The van der Waals surface area contributed by atoms with E-state index >= 15 is 0 Å². The molecule has 0 aliphatic carbocycles. The molecule has 0 aliphatic rings. The smallest absolute Gasteiger partial charge is 0.336 e. The molecule has 7 heteroatoms. The summed E-state index contributed by atoms with van der Waals surface area (Å²) in [6.45, 7) is 2.67. The second-order valence-electron chi connectivity index (χ2n) is 5.57. The molecule has 1 heterocycles. The Kier molecular flexibility index (Phi) is 5.80. The van der Waals surface area contributed by atoms with Crippen LogP contribution >= 0.6 is 15.9 Å². The van der Waals surface area contributed by atoms with Crippen molar-refractivity contribution in [2.75, 3.05) is 20.3 Å². The van der Waals surface area contributed by atoms with Gasteiger partial charge in [0.2, 0.25) is 0 Å². The number of methoxy groups -OCH3 is 1. The number of hydrogen-bond donors (Lipinski definition) is 0. The van der Waals surface area contributed by atoms with Gasteiger partial charge in [-0.05, 0) is 40.5 Å². The van der Waals surface area contributed by atoms with E-state index in [0.717, 1.165) is 11.1 Å². The highest BCUT2D eigenvalue weighted by atomic mass is 79.9. The summed E-state index contributed by atoms with van der Waals surface area (Å²) in [5, 5.41) is 4.27. The van der Waals surface area contributed by atoms with E-state index < -0.39 is 0 Å². The lowest BCUT2D eigenvalue weighted by Gasteiger charge is -2.08. The van der Waals surface area contributed by atoms with E-state index in [1.807, 2.05) is 43.3 Å². The van der Waals surface area contributed by atoms with E-state index in [9.17, 15) is 4.79 Å². The molecular formula is C19H18BrN3O3. The molecule has 0 saturated heterocycles. The highest BCUT2D eigenvalue weighted by Crippen LogP contribution is 2.25. The average Bonchev–Trinajstić information content (AvgIpc) is 3.06. The fraction of sp³-hybridized carbons (Fsp3) is 0.211. The van der Waals surface area contributed by atoms with Crippen molar-refractivity contribution in [2.45, 2.75) is 6.92 Å². The van der Waals surface area contributed by atoms with Gasteiger partial charge in [-0.2, -0.15) is 9.67 Å². The van der Waals surface area contributed by atoms with Crippen molar-refractivity contribution in [3.8, 4) is 17.4 Å². The third-order valence-electron chi connectivity index (χ3n) is 3.79. The zero-order valence-corrected chi connectivity index (χ0v) is 16.1. The van der Waals surface area contributed by atoms with Gasteiger partial charge in [-0.15, -0.1) is 5.10 Å². The van der Waals surface area contributed by atoms with Gasteiger partial charge >= 0.3 is 6.01 Å². The van der Waals surface area contributed by atoms with Gasteiger partial charge in [0.15, 0.2) is 5.82 Å². The number of ether oxygens (including phenoxy) is 2. The molecule has 0 saturated carbocycles. The molecule has 3 rings (SSSR count). The van der Waals surface area contributed by atoms with Crippen LogP contribution in [0.2, 0.25) is 0 Å². The lowest BCUT2D eigenvalue weighted by molar-refractivity contribution is 0.0942. The maximum Gasteiger partial charge on any atom is 0.336 e. The normalized spacial score (nSPS) is 10.7. The van der Waals surface area contributed by atoms with E-state index in [0.29, 0.717) is 29.1 Å². The second-order valence-corrected chi connectivity index (χ2v) is 6.43. The molecule has 0 amide bonds. The van der Waals surface area contributed by atoms with Crippen LogP contribution < -0.4 is 4.74 Å². The number of carbonyl (C=O) groups is 1. The predicted molar refractivity (Wildman–Crippen MR) is 101 cm³/mol. The van der Waals surface area contributed by atoms with Crippen LogP contribution in [0.15, 0.2) is 53.0 Å². The van der Waals surface area contributed by atoms with Gasteiger partial charge in [-0.25, -0.2) is 0 Å². The topological polar surface area (TPSA) is 66.2 Å². The lowest BCUT2D eigenvalue weighted by Crippen LogP contribution is -2.16. The summed E-state index contributed by atoms with van der Waals surface area (Å²) >= 11 is 3.42. The van der Waals surface area contributed by atoms with Gasteiger partial charge in [0.1, 0.15) is 6.61 Å². The van der Waals surface area contributed by atoms with E-state index in [1.54, 1.807) is 19.2 Å². The molecular weight excluding hydrogens is 398 g/mol. The first-order valence-electron chi connectivity index (χ1n) is 8.06. The molecule has 0 spiro atoms. The molecule has 0 bridgehead atoms. The van der Waals surface area contributed by atoms with Crippen molar-refractivity contribution in [1.29, 1.82) is 0 Å². The van der Waals surface area contributed by atoms with Crippen LogP contribution in [0.25, 0.3) is 11.4 Å². The molecule has 0 fully saturated rings. The summed E-state index contributed by atoms with van der Waals surface area (Å²) in [7, 11) is 1.59. The minimum atomic E-state index is -0.287. The monoisotopic (exact) mass is 415 g/mol. The Morgan fingerprint density at radius 2 is 1.85 bits per heavy atom. The summed E-state index contributed by atoms with van der Waals surface area (Å²) in [5.74, 6) is 0.154. The minimum Gasteiger partial charge on any atom is -0.460 e. The van der Waals surface area contributed by atoms with Gasteiger partial charge in [-0.3, -0.25) is 4.79 Å². The third-order valence-corrected chi connectivity index (χ3v) is 4.48. The number of hydrogen-bond acceptors (Lipinski definition) is 5.